The Kier molecular flexibility index (Phi) is 7.36. The van der Waals surface area contributed by atoms with Crippen LogP contribution in [-0.2, 0) is 6.61 Å². The van der Waals surface area contributed by atoms with E-state index in [9.17, 15) is 18.9 Å². The highest BCUT2D eigenvalue weighted by Crippen LogP contribution is 2.26. The van der Waals surface area contributed by atoms with Gasteiger partial charge in [-0.25, -0.2) is 8.78 Å². The molecule has 0 aliphatic rings. The van der Waals surface area contributed by atoms with Crippen LogP contribution in [0.15, 0.2) is 46.7 Å². The Morgan fingerprint density at radius 3 is 2.69 bits per heavy atom. The van der Waals surface area contributed by atoms with Gasteiger partial charge in [0.15, 0.2) is 0 Å². The quantitative estimate of drug-likeness (QED) is 0.197. The Bertz CT molecular complexity index is 1150. The summed E-state index contributed by atoms with van der Waals surface area (Å²) >= 11 is 1.15. The normalized spacial score (nSPS) is 11.3. The molecule has 1 aromatic heterocycles. The number of nitro groups is 1. The molecule has 0 aliphatic heterocycles. The Labute approximate surface area is 186 Å². The zero-order chi connectivity index (χ0) is 23.3. The largest absolute Gasteiger partial charge is 0.496 e. The minimum absolute atomic E-state index is 0.00918. The Hall–Kier alpha value is -3.54. The van der Waals surface area contributed by atoms with Crippen molar-refractivity contribution >= 4 is 23.7 Å². The lowest BCUT2D eigenvalue weighted by Crippen LogP contribution is -2.02. The maximum atomic E-state index is 13.1. The maximum absolute atomic E-state index is 13.1. The molecular formula is C20H19F2N5O4S. The van der Waals surface area contributed by atoms with Crippen LogP contribution in [0.4, 0.5) is 14.5 Å². The Morgan fingerprint density at radius 2 is 2.06 bits per heavy atom. The van der Waals surface area contributed by atoms with Gasteiger partial charge in [0.25, 0.3) is 12.1 Å². The van der Waals surface area contributed by atoms with Crippen molar-refractivity contribution in [1.82, 2.24) is 14.9 Å². The number of alkyl halides is 2. The summed E-state index contributed by atoms with van der Waals surface area (Å²) in [6.07, 6.45) is 0.285. The molecule has 0 atom stereocenters. The van der Waals surface area contributed by atoms with Crippen molar-refractivity contribution in [3.05, 3.63) is 69.0 Å². The fraction of sp³-hybridized carbons (Fsp3) is 0.250. The van der Waals surface area contributed by atoms with E-state index >= 15 is 0 Å². The number of aryl methyl sites for hydroxylation is 1. The van der Waals surface area contributed by atoms with Gasteiger partial charge in [0.05, 0.1) is 18.2 Å². The molecule has 1 heterocycles. The third kappa shape index (κ3) is 5.19. The summed E-state index contributed by atoms with van der Waals surface area (Å²) in [5, 5.41) is 22.5. The van der Waals surface area contributed by atoms with Gasteiger partial charge in [-0.1, -0.05) is 11.8 Å². The molecule has 3 aromatic rings. The average molecular weight is 463 g/mol. The van der Waals surface area contributed by atoms with Gasteiger partial charge in [-0.3, -0.25) is 10.1 Å². The molecule has 0 fully saturated rings. The molecule has 0 radical (unpaired) electrons. The van der Waals surface area contributed by atoms with Crippen LogP contribution in [0.1, 0.15) is 28.9 Å². The number of hydrogen-bond donors (Lipinski definition) is 0. The van der Waals surface area contributed by atoms with Crippen molar-refractivity contribution in [2.45, 2.75) is 25.1 Å². The van der Waals surface area contributed by atoms with Gasteiger partial charge in [-0.05, 0) is 49.1 Å². The topological polar surface area (TPSA) is 105 Å². The zero-order valence-electron chi connectivity index (χ0n) is 17.4. The molecule has 0 unspecified atom stereocenters. The third-order valence-corrected chi connectivity index (χ3v) is 5.02. The standard InChI is InChI=1S/C20H19F2N5O4S/c1-12-8-15(5-6-16(12)27(28)29)31-11-14-9-13(4-7-17(14)30-2)10-23-26-19(18(21)22)24-25-20(26)32-3/h4-10,18H,11H2,1-3H3/b23-10-. The minimum Gasteiger partial charge on any atom is -0.496 e. The van der Waals surface area contributed by atoms with E-state index < -0.39 is 17.2 Å². The number of thioether (sulfide) groups is 1. The molecule has 0 aliphatic carbocycles. The van der Waals surface area contributed by atoms with Gasteiger partial charge in [0, 0.05) is 17.2 Å². The number of halogens is 2. The first-order valence-electron chi connectivity index (χ1n) is 9.20. The predicted octanol–water partition coefficient (Wildman–Crippen LogP) is 4.62. The highest BCUT2D eigenvalue weighted by molar-refractivity contribution is 7.98. The number of methoxy groups -OCH3 is 1. The summed E-state index contributed by atoms with van der Waals surface area (Å²) in [5.74, 6) is 0.476. The summed E-state index contributed by atoms with van der Waals surface area (Å²) in [6.45, 7) is 1.75. The summed E-state index contributed by atoms with van der Waals surface area (Å²) in [5.41, 5.74) is 1.78. The smallest absolute Gasteiger partial charge is 0.299 e. The summed E-state index contributed by atoms with van der Waals surface area (Å²) in [6, 6.07) is 9.65. The number of aromatic nitrogens is 3. The van der Waals surface area contributed by atoms with Gasteiger partial charge in [0.2, 0.25) is 11.0 Å². The molecule has 0 spiro atoms. The molecule has 2 aromatic carbocycles. The second-order valence-electron chi connectivity index (χ2n) is 6.47. The van der Waals surface area contributed by atoms with Crippen molar-refractivity contribution in [3.63, 3.8) is 0 Å². The predicted molar refractivity (Wildman–Crippen MR) is 115 cm³/mol. The van der Waals surface area contributed by atoms with Gasteiger partial charge in [-0.2, -0.15) is 9.78 Å². The molecular weight excluding hydrogens is 444 g/mol. The van der Waals surface area contributed by atoms with Crippen molar-refractivity contribution in [2.24, 2.45) is 5.10 Å². The molecule has 12 heteroatoms. The second-order valence-corrected chi connectivity index (χ2v) is 7.24. The summed E-state index contributed by atoms with van der Waals surface area (Å²) in [7, 11) is 1.51. The van der Waals surface area contributed by atoms with Crippen molar-refractivity contribution < 1.29 is 23.2 Å². The lowest BCUT2D eigenvalue weighted by molar-refractivity contribution is -0.385. The van der Waals surface area contributed by atoms with Crippen molar-refractivity contribution in [2.75, 3.05) is 13.4 Å². The molecule has 0 N–H and O–H groups in total. The van der Waals surface area contributed by atoms with Crippen LogP contribution in [0.2, 0.25) is 0 Å². The lowest BCUT2D eigenvalue weighted by atomic mass is 10.1. The van der Waals surface area contributed by atoms with E-state index in [0.29, 0.717) is 28.2 Å². The molecule has 0 saturated carbocycles. The van der Waals surface area contributed by atoms with Crippen LogP contribution in [0.3, 0.4) is 0 Å². The number of ether oxygens (including phenoxy) is 2. The number of rotatable bonds is 9. The fourth-order valence-corrected chi connectivity index (χ4v) is 3.28. The average Bonchev–Trinajstić information content (AvgIpc) is 3.19. The SMILES string of the molecule is COc1ccc(/C=N\n2c(SC)nnc2C(F)F)cc1COc1ccc([N+](=O)[O-])c(C)c1. The molecule has 3 rings (SSSR count). The van der Waals surface area contributed by atoms with E-state index in [1.165, 1.54) is 25.5 Å². The van der Waals surface area contributed by atoms with E-state index in [1.54, 1.807) is 37.4 Å². The monoisotopic (exact) mass is 463 g/mol. The van der Waals surface area contributed by atoms with Crippen molar-refractivity contribution in [1.29, 1.82) is 0 Å². The molecule has 32 heavy (non-hydrogen) atoms. The molecule has 0 bridgehead atoms. The van der Waals surface area contributed by atoms with Gasteiger partial charge in [-0.15, -0.1) is 10.2 Å². The number of nitrogens with zero attached hydrogens (tertiary/aromatic N) is 5. The van der Waals surface area contributed by atoms with E-state index in [0.717, 1.165) is 16.4 Å². The highest BCUT2D eigenvalue weighted by Gasteiger charge is 2.19. The maximum Gasteiger partial charge on any atom is 0.299 e. The van der Waals surface area contributed by atoms with E-state index in [-0.39, 0.29) is 17.5 Å². The summed E-state index contributed by atoms with van der Waals surface area (Å²) in [4.78, 5) is 10.5. The molecule has 0 saturated heterocycles. The van der Waals surface area contributed by atoms with Crippen LogP contribution in [0.5, 0.6) is 11.5 Å². The highest BCUT2D eigenvalue weighted by atomic mass is 32.2. The van der Waals surface area contributed by atoms with Gasteiger partial charge < -0.3 is 9.47 Å². The minimum atomic E-state index is -2.81. The van der Waals surface area contributed by atoms with Crippen LogP contribution in [0.25, 0.3) is 0 Å². The zero-order valence-corrected chi connectivity index (χ0v) is 18.2. The van der Waals surface area contributed by atoms with E-state index in [2.05, 4.69) is 15.3 Å². The molecule has 168 valence electrons. The second kappa shape index (κ2) is 10.2. The Morgan fingerprint density at radius 1 is 1.28 bits per heavy atom. The number of nitro benzene ring substituents is 1. The molecule has 0 amide bonds. The third-order valence-electron chi connectivity index (χ3n) is 4.40. The van der Waals surface area contributed by atoms with E-state index in [1.807, 2.05) is 0 Å². The van der Waals surface area contributed by atoms with Crippen LogP contribution in [0, 0.1) is 17.0 Å². The van der Waals surface area contributed by atoms with Gasteiger partial charge >= 0.3 is 0 Å². The first-order chi connectivity index (χ1) is 15.3. The summed E-state index contributed by atoms with van der Waals surface area (Å²) < 4.78 is 38.4. The Balaban J connectivity index is 1.82. The van der Waals surface area contributed by atoms with Crippen LogP contribution >= 0.6 is 11.8 Å². The fourth-order valence-electron chi connectivity index (χ4n) is 2.85. The van der Waals surface area contributed by atoms with Crippen molar-refractivity contribution in [3.8, 4) is 11.5 Å². The van der Waals surface area contributed by atoms with Crippen LogP contribution in [-0.4, -0.2) is 39.4 Å². The van der Waals surface area contributed by atoms with Crippen LogP contribution < -0.4 is 9.47 Å². The number of hydrogen-bond acceptors (Lipinski definition) is 8. The van der Waals surface area contributed by atoms with Gasteiger partial charge in [0.1, 0.15) is 18.1 Å². The first kappa shape index (κ1) is 23.1. The lowest BCUT2D eigenvalue weighted by Gasteiger charge is -2.12. The first-order valence-corrected chi connectivity index (χ1v) is 10.4. The molecule has 9 nitrogen and oxygen atoms in total. The number of benzene rings is 2. The van der Waals surface area contributed by atoms with E-state index in [4.69, 9.17) is 9.47 Å².